The fourth-order valence-corrected chi connectivity index (χ4v) is 2.27. The molecular formula is C15H20ClNO3. The summed E-state index contributed by atoms with van der Waals surface area (Å²) >= 11 is 5.90. The highest BCUT2D eigenvalue weighted by Crippen LogP contribution is 2.28. The van der Waals surface area contributed by atoms with E-state index in [1.165, 1.54) is 4.90 Å². The van der Waals surface area contributed by atoms with Crippen molar-refractivity contribution in [3.8, 4) is 0 Å². The van der Waals surface area contributed by atoms with Crippen molar-refractivity contribution in [2.75, 3.05) is 7.05 Å². The molecule has 1 N–H and O–H groups in total. The number of carboxylic acids is 1. The summed E-state index contributed by atoms with van der Waals surface area (Å²) in [6.45, 7) is 5.57. The van der Waals surface area contributed by atoms with Gasteiger partial charge in [0.1, 0.15) is 5.92 Å². The molecule has 1 atom stereocenters. The van der Waals surface area contributed by atoms with Gasteiger partial charge >= 0.3 is 5.97 Å². The van der Waals surface area contributed by atoms with Crippen molar-refractivity contribution in [2.24, 2.45) is 11.3 Å². The second-order valence-electron chi connectivity index (χ2n) is 5.96. The Labute approximate surface area is 124 Å². The van der Waals surface area contributed by atoms with Crippen molar-refractivity contribution in [3.05, 3.63) is 34.9 Å². The van der Waals surface area contributed by atoms with E-state index < -0.39 is 23.2 Å². The van der Waals surface area contributed by atoms with Crippen LogP contribution in [0.15, 0.2) is 24.3 Å². The molecule has 1 rings (SSSR count). The molecule has 0 fully saturated rings. The van der Waals surface area contributed by atoms with Crippen LogP contribution in [0.2, 0.25) is 5.02 Å². The van der Waals surface area contributed by atoms with Crippen LogP contribution >= 0.6 is 11.6 Å². The van der Waals surface area contributed by atoms with E-state index in [9.17, 15) is 14.7 Å². The lowest BCUT2D eigenvalue weighted by Gasteiger charge is -2.30. The third-order valence-electron chi connectivity index (χ3n) is 3.04. The van der Waals surface area contributed by atoms with Gasteiger partial charge in [-0.05, 0) is 23.1 Å². The molecular weight excluding hydrogens is 278 g/mol. The maximum absolute atomic E-state index is 12.3. The molecule has 0 aliphatic rings. The van der Waals surface area contributed by atoms with Crippen LogP contribution in [0.5, 0.6) is 0 Å². The maximum atomic E-state index is 12.3. The molecule has 5 heteroatoms. The third kappa shape index (κ3) is 4.23. The van der Waals surface area contributed by atoms with Crippen molar-refractivity contribution in [2.45, 2.75) is 27.3 Å². The van der Waals surface area contributed by atoms with Crippen molar-refractivity contribution >= 4 is 23.5 Å². The van der Waals surface area contributed by atoms with Crippen LogP contribution in [-0.4, -0.2) is 28.9 Å². The molecule has 0 saturated carbocycles. The molecule has 0 aromatic heterocycles. The normalized spacial score (nSPS) is 12.8. The number of carbonyl (C=O) groups excluding carboxylic acids is 1. The van der Waals surface area contributed by atoms with Crippen molar-refractivity contribution in [1.29, 1.82) is 0 Å². The Balaban J connectivity index is 2.88. The summed E-state index contributed by atoms with van der Waals surface area (Å²) in [6, 6.07) is 7.16. The zero-order valence-corrected chi connectivity index (χ0v) is 12.9. The number of carboxylic acid groups (broad SMARTS) is 1. The summed E-state index contributed by atoms with van der Waals surface area (Å²) in [5, 5.41) is 9.86. The van der Waals surface area contributed by atoms with Gasteiger partial charge in [-0.25, -0.2) is 0 Å². The van der Waals surface area contributed by atoms with Gasteiger partial charge in [0.15, 0.2) is 0 Å². The standard InChI is InChI=1S/C15H20ClNO3/c1-15(2,3)12(14(19)20)13(18)17(4)9-10-6-5-7-11(16)8-10/h5-8,12H,9H2,1-4H3,(H,19,20). The summed E-state index contributed by atoms with van der Waals surface area (Å²) in [7, 11) is 1.60. The maximum Gasteiger partial charge on any atom is 0.316 e. The zero-order chi connectivity index (χ0) is 15.5. The van der Waals surface area contributed by atoms with Crippen LogP contribution in [0, 0.1) is 11.3 Å². The second-order valence-corrected chi connectivity index (χ2v) is 6.40. The Morgan fingerprint density at radius 1 is 1.35 bits per heavy atom. The Hall–Kier alpha value is -1.55. The fraction of sp³-hybridized carbons (Fsp3) is 0.467. The van der Waals surface area contributed by atoms with E-state index in [2.05, 4.69) is 0 Å². The molecule has 0 aliphatic heterocycles. The first kappa shape index (κ1) is 16.5. The van der Waals surface area contributed by atoms with Gasteiger partial charge in [-0.1, -0.05) is 44.5 Å². The SMILES string of the molecule is CN(Cc1cccc(Cl)c1)C(=O)C(C(=O)O)C(C)(C)C. The Kier molecular flexibility index (Phi) is 5.17. The molecule has 4 nitrogen and oxygen atoms in total. The Morgan fingerprint density at radius 3 is 2.40 bits per heavy atom. The highest BCUT2D eigenvalue weighted by molar-refractivity contribution is 6.30. The number of hydrogen-bond donors (Lipinski definition) is 1. The van der Waals surface area contributed by atoms with Crippen molar-refractivity contribution in [1.82, 2.24) is 4.90 Å². The van der Waals surface area contributed by atoms with Gasteiger partial charge in [0.05, 0.1) is 0 Å². The molecule has 1 aromatic rings. The van der Waals surface area contributed by atoms with Gasteiger partial charge in [-0.15, -0.1) is 0 Å². The fourth-order valence-electron chi connectivity index (χ4n) is 2.05. The molecule has 1 aromatic carbocycles. The lowest BCUT2D eigenvalue weighted by Crippen LogP contribution is -2.43. The monoisotopic (exact) mass is 297 g/mol. The molecule has 0 bridgehead atoms. The number of amides is 1. The van der Waals surface area contributed by atoms with E-state index in [0.29, 0.717) is 11.6 Å². The third-order valence-corrected chi connectivity index (χ3v) is 3.28. The molecule has 20 heavy (non-hydrogen) atoms. The highest BCUT2D eigenvalue weighted by Gasteiger charge is 2.39. The summed E-state index contributed by atoms with van der Waals surface area (Å²) in [4.78, 5) is 25.1. The van der Waals surface area contributed by atoms with Gasteiger partial charge in [0.2, 0.25) is 5.91 Å². The van der Waals surface area contributed by atoms with E-state index >= 15 is 0 Å². The second kappa shape index (κ2) is 6.27. The lowest BCUT2D eigenvalue weighted by atomic mass is 9.80. The van der Waals surface area contributed by atoms with Crippen molar-refractivity contribution in [3.63, 3.8) is 0 Å². The van der Waals surface area contributed by atoms with Crippen molar-refractivity contribution < 1.29 is 14.7 Å². The zero-order valence-electron chi connectivity index (χ0n) is 12.2. The van der Waals surface area contributed by atoms with Gasteiger partial charge in [-0.3, -0.25) is 9.59 Å². The molecule has 110 valence electrons. The van der Waals surface area contributed by atoms with Crippen LogP contribution in [-0.2, 0) is 16.1 Å². The summed E-state index contributed by atoms with van der Waals surface area (Å²) in [5.41, 5.74) is 0.234. The van der Waals surface area contributed by atoms with E-state index in [4.69, 9.17) is 11.6 Å². The van der Waals surface area contributed by atoms with Gasteiger partial charge in [0.25, 0.3) is 0 Å². The number of aliphatic carboxylic acids is 1. The molecule has 0 radical (unpaired) electrons. The smallest absolute Gasteiger partial charge is 0.316 e. The average Bonchev–Trinajstić information content (AvgIpc) is 2.26. The predicted octanol–water partition coefficient (Wildman–Crippen LogP) is 3.05. The van der Waals surface area contributed by atoms with Crippen LogP contribution in [0.4, 0.5) is 0 Å². The molecule has 0 saturated heterocycles. The van der Waals surface area contributed by atoms with E-state index in [0.717, 1.165) is 5.56 Å². The Morgan fingerprint density at radius 2 is 1.95 bits per heavy atom. The summed E-state index contributed by atoms with van der Waals surface area (Å²) in [5.74, 6) is -2.56. The molecule has 1 unspecified atom stereocenters. The van der Waals surface area contributed by atoms with E-state index in [1.807, 2.05) is 6.07 Å². The van der Waals surface area contributed by atoms with Crippen LogP contribution in [0.1, 0.15) is 26.3 Å². The van der Waals surface area contributed by atoms with Crippen LogP contribution < -0.4 is 0 Å². The van der Waals surface area contributed by atoms with Crippen LogP contribution in [0.25, 0.3) is 0 Å². The molecule has 0 heterocycles. The van der Waals surface area contributed by atoms with E-state index in [-0.39, 0.29) is 0 Å². The number of carbonyl (C=O) groups is 2. The minimum Gasteiger partial charge on any atom is -0.481 e. The number of nitrogens with zero attached hydrogens (tertiary/aromatic N) is 1. The van der Waals surface area contributed by atoms with Gasteiger partial charge in [-0.2, -0.15) is 0 Å². The first-order valence-electron chi connectivity index (χ1n) is 6.35. The van der Waals surface area contributed by atoms with Crippen LogP contribution in [0.3, 0.4) is 0 Å². The first-order chi connectivity index (χ1) is 9.12. The Bertz CT molecular complexity index is 508. The van der Waals surface area contributed by atoms with Gasteiger partial charge < -0.3 is 10.0 Å². The minimum atomic E-state index is -1.10. The quantitative estimate of drug-likeness (QED) is 0.869. The molecule has 0 aliphatic carbocycles. The summed E-state index contributed by atoms with van der Waals surface area (Å²) in [6.07, 6.45) is 0. The van der Waals surface area contributed by atoms with Gasteiger partial charge in [0, 0.05) is 18.6 Å². The average molecular weight is 298 g/mol. The summed E-state index contributed by atoms with van der Waals surface area (Å²) < 4.78 is 0. The first-order valence-corrected chi connectivity index (χ1v) is 6.73. The minimum absolute atomic E-state index is 0.333. The number of halogens is 1. The number of benzene rings is 1. The number of rotatable bonds is 4. The largest absolute Gasteiger partial charge is 0.481 e. The lowest BCUT2D eigenvalue weighted by molar-refractivity contribution is -0.155. The topological polar surface area (TPSA) is 57.6 Å². The highest BCUT2D eigenvalue weighted by atomic mass is 35.5. The number of hydrogen-bond acceptors (Lipinski definition) is 2. The predicted molar refractivity (Wildman–Crippen MR) is 78.5 cm³/mol. The molecule has 1 amide bonds. The molecule has 0 spiro atoms. The van der Waals surface area contributed by atoms with E-state index in [1.54, 1.807) is 46.0 Å².